The SMILES string of the molecule is CCCc1sc(C(=O)NCc2ccc(C(=O)N(C)C)cc2)cc1CC. The lowest BCUT2D eigenvalue weighted by atomic mass is 10.1. The highest BCUT2D eigenvalue weighted by atomic mass is 32.1. The lowest BCUT2D eigenvalue weighted by molar-refractivity contribution is 0.0827. The van der Waals surface area contributed by atoms with Crippen LogP contribution >= 0.6 is 11.3 Å². The van der Waals surface area contributed by atoms with Crippen molar-refractivity contribution in [1.29, 1.82) is 0 Å². The molecule has 1 N–H and O–H groups in total. The number of nitrogens with zero attached hydrogens (tertiary/aromatic N) is 1. The molecule has 0 atom stereocenters. The van der Waals surface area contributed by atoms with Gasteiger partial charge in [0.25, 0.3) is 11.8 Å². The summed E-state index contributed by atoms with van der Waals surface area (Å²) in [5.74, 6) is -0.0554. The molecule has 2 amide bonds. The van der Waals surface area contributed by atoms with E-state index < -0.39 is 0 Å². The first kappa shape index (κ1) is 19.2. The topological polar surface area (TPSA) is 49.4 Å². The summed E-state index contributed by atoms with van der Waals surface area (Å²) in [6, 6.07) is 9.37. The molecule has 0 fully saturated rings. The fourth-order valence-electron chi connectivity index (χ4n) is 2.61. The smallest absolute Gasteiger partial charge is 0.261 e. The summed E-state index contributed by atoms with van der Waals surface area (Å²) in [4.78, 5) is 27.9. The van der Waals surface area contributed by atoms with Gasteiger partial charge in [-0.2, -0.15) is 0 Å². The van der Waals surface area contributed by atoms with Crippen molar-refractivity contribution < 1.29 is 9.59 Å². The van der Waals surface area contributed by atoms with Crippen LogP contribution in [0.3, 0.4) is 0 Å². The van der Waals surface area contributed by atoms with Crippen molar-refractivity contribution in [2.24, 2.45) is 0 Å². The van der Waals surface area contributed by atoms with Gasteiger partial charge in [-0.3, -0.25) is 9.59 Å². The fraction of sp³-hybridized carbons (Fsp3) is 0.400. The number of amides is 2. The van der Waals surface area contributed by atoms with E-state index in [1.54, 1.807) is 42.5 Å². The second-order valence-corrected chi connectivity index (χ2v) is 7.38. The number of carbonyl (C=O) groups excluding carboxylic acids is 2. The zero-order chi connectivity index (χ0) is 18.4. The third-order valence-corrected chi connectivity index (χ3v) is 5.27. The molecule has 25 heavy (non-hydrogen) atoms. The molecule has 5 heteroatoms. The molecule has 1 heterocycles. The molecule has 0 saturated carbocycles. The molecule has 134 valence electrons. The highest BCUT2D eigenvalue weighted by molar-refractivity contribution is 7.14. The molecule has 0 unspecified atom stereocenters. The first-order valence-corrected chi connectivity index (χ1v) is 9.48. The summed E-state index contributed by atoms with van der Waals surface area (Å²) in [6.45, 7) is 4.74. The van der Waals surface area contributed by atoms with Crippen LogP contribution in [0.1, 0.15) is 56.3 Å². The van der Waals surface area contributed by atoms with Gasteiger partial charge in [-0.15, -0.1) is 11.3 Å². The van der Waals surface area contributed by atoms with Gasteiger partial charge < -0.3 is 10.2 Å². The highest BCUT2D eigenvalue weighted by Gasteiger charge is 2.13. The Morgan fingerprint density at radius 1 is 1.12 bits per heavy atom. The maximum atomic E-state index is 12.4. The number of rotatable bonds is 7. The maximum absolute atomic E-state index is 12.4. The minimum absolute atomic E-state index is 0.0234. The number of hydrogen-bond acceptors (Lipinski definition) is 3. The van der Waals surface area contributed by atoms with Gasteiger partial charge in [0.1, 0.15) is 0 Å². The molecule has 4 nitrogen and oxygen atoms in total. The summed E-state index contributed by atoms with van der Waals surface area (Å²) >= 11 is 1.60. The summed E-state index contributed by atoms with van der Waals surface area (Å²) in [7, 11) is 3.46. The van der Waals surface area contributed by atoms with E-state index in [4.69, 9.17) is 0 Å². The molecule has 1 aromatic heterocycles. The molecule has 0 saturated heterocycles. The summed E-state index contributed by atoms with van der Waals surface area (Å²) in [5.41, 5.74) is 2.91. The van der Waals surface area contributed by atoms with Gasteiger partial charge in [0.2, 0.25) is 0 Å². The molecule has 2 aromatic rings. The monoisotopic (exact) mass is 358 g/mol. The molecule has 0 radical (unpaired) electrons. The van der Waals surface area contributed by atoms with Gasteiger partial charge in [0.05, 0.1) is 4.88 Å². The lowest BCUT2D eigenvalue weighted by Crippen LogP contribution is -2.23. The molecule has 0 spiro atoms. The van der Waals surface area contributed by atoms with Crippen LogP contribution < -0.4 is 5.32 Å². The van der Waals surface area contributed by atoms with Crippen LogP contribution in [0, 0.1) is 0 Å². The third kappa shape index (κ3) is 4.92. The Morgan fingerprint density at radius 2 is 1.80 bits per heavy atom. The number of carbonyl (C=O) groups is 2. The second-order valence-electron chi connectivity index (χ2n) is 6.24. The second kappa shape index (κ2) is 8.81. The van der Waals surface area contributed by atoms with Crippen LogP contribution in [-0.4, -0.2) is 30.8 Å². The quantitative estimate of drug-likeness (QED) is 0.816. The minimum Gasteiger partial charge on any atom is -0.347 e. The van der Waals surface area contributed by atoms with Crippen molar-refractivity contribution in [3.63, 3.8) is 0 Å². The molecular weight excluding hydrogens is 332 g/mol. The van der Waals surface area contributed by atoms with Crippen molar-refractivity contribution in [3.8, 4) is 0 Å². The largest absolute Gasteiger partial charge is 0.347 e. The molecule has 0 aliphatic rings. The van der Waals surface area contributed by atoms with E-state index in [1.807, 2.05) is 18.2 Å². The Balaban J connectivity index is 1.99. The average molecular weight is 359 g/mol. The van der Waals surface area contributed by atoms with E-state index in [0.29, 0.717) is 12.1 Å². The van der Waals surface area contributed by atoms with Crippen LogP contribution in [0.4, 0.5) is 0 Å². The minimum atomic E-state index is -0.0319. The van der Waals surface area contributed by atoms with Crippen molar-refractivity contribution in [2.75, 3.05) is 14.1 Å². The van der Waals surface area contributed by atoms with Crippen LogP contribution in [0.5, 0.6) is 0 Å². The van der Waals surface area contributed by atoms with Crippen LogP contribution in [0.15, 0.2) is 30.3 Å². The van der Waals surface area contributed by atoms with Gasteiger partial charge in [0.15, 0.2) is 0 Å². The number of aryl methyl sites for hydroxylation is 2. The first-order chi connectivity index (χ1) is 12.0. The zero-order valence-corrected chi connectivity index (χ0v) is 16.2. The van der Waals surface area contributed by atoms with Gasteiger partial charge >= 0.3 is 0 Å². The van der Waals surface area contributed by atoms with E-state index >= 15 is 0 Å². The Kier molecular flexibility index (Phi) is 6.76. The summed E-state index contributed by atoms with van der Waals surface area (Å²) < 4.78 is 0. The predicted molar refractivity (Wildman–Crippen MR) is 103 cm³/mol. The highest BCUT2D eigenvalue weighted by Crippen LogP contribution is 2.24. The lowest BCUT2D eigenvalue weighted by Gasteiger charge is -2.10. The van der Waals surface area contributed by atoms with E-state index in [-0.39, 0.29) is 11.8 Å². The summed E-state index contributed by atoms with van der Waals surface area (Å²) in [5, 5.41) is 2.97. The normalized spacial score (nSPS) is 10.6. The maximum Gasteiger partial charge on any atom is 0.261 e. The number of thiophene rings is 1. The van der Waals surface area contributed by atoms with Crippen LogP contribution in [0.25, 0.3) is 0 Å². The van der Waals surface area contributed by atoms with E-state index in [1.165, 1.54) is 10.4 Å². The van der Waals surface area contributed by atoms with Crippen LogP contribution in [-0.2, 0) is 19.4 Å². The number of nitrogens with one attached hydrogen (secondary N) is 1. The number of benzene rings is 1. The van der Waals surface area contributed by atoms with E-state index in [0.717, 1.165) is 29.7 Å². The average Bonchev–Trinajstić information content (AvgIpc) is 3.03. The number of hydrogen-bond donors (Lipinski definition) is 1. The van der Waals surface area contributed by atoms with E-state index in [2.05, 4.69) is 19.2 Å². The Hall–Kier alpha value is -2.14. The molecule has 2 rings (SSSR count). The van der Waals surface area contributed by atoms with Crippen molar-refractivity contribution >= 4 is 23.2 Å². The van der Waals surface area contributed by atoms with Gasteiger partial charge in [0, 0.05) is 31.1 Å². The molecular formula is C20H26N2O2S. The predicted octanol–water partition coefficient (Wildman–Crippen LogP) is 3.89. The van der Waals surface area contributed by atoms with Crippen molar-refractivity contribution in [3.05, 3.63) is 56.8 Å². The van der Waals surface area contributed by atoms with E-state index in [9.17, 15) is 9.59 Å². The fourth-order valence-corrected chi connectivity index (χ4v) is 3.88. The Labute approximate surface area is 153 Å². The third-order valence-electron chi connectivity index (χ3n) is 4.04. The standard InChI is InChI=1S/C20H26N2O2S/c1-5-7-17-15(6-2)12-18(25-17)19(23)21-13-14-8-10-16(11-9-14)20(24)22(3)4/h8-12H,5-7,13H2,1-4H3,(H,21,23). The molecule has 0 bridgehead atoms. The summed E-state index contributed by atoms with van der Waals surface area (Å²) in [6.07, 6.45) is 3.08. The van der Waals surface area contributed by atoms with Gasteiger partial charge in [-0.05, 0) is 42.2 Å². The van der Waals surface area contributed by atoms with Crippen LogP contribution in [0.2, 0.25) is 0 Å². The van der Waals surface area contributed by atoms with Crippen molar-refractivity contribution in [2.45, 2.75) is 39.7 Å². The first-order valence-electron chi connectivity index (χ1n) is 8.66. The molecule has 0 aliphatic heterocycles. The Bertz CT molecular complexity index is 733. The van der Waals surface area contributed by atoms with Crippen molar-refractivity contribution in [1.82, 2.24) is 10.2 Å². The zero-order valence-electron chi connectivity index (χ0n) is 15.4. The van der Waals surface area contributed by atoms with Gasteiger partial charge in [-0.25, -0.2) is 0 Å². The Morgan fingerprint density at radius 3 is 2.36 bits per heavy atom. The molecule has 1 aromatic carbocycles. The molecule has 0 aliphatic carbocycles. The van der Waals surface area contributed by atoms with Gasteiger partial charge in [-0.1, -0.05) is 32.4 Å².